The highest BCUT2D eigenvalue weighted by molar-refractivity contribution is 5.95. The largest absolute Gasteiger partial charge is 0.342 e. The van der Waals surface area contributed by atoms with E-state index in [0.29, 0.717) is 12.5 Å². The van der Waals surface area contributed by atoms with E-state index in [1.54, 1.807) is 0 Å². The minimum atomic E-state index is 0.0628. The number of benzene rings is 1. The SMILES string of the molecule is CCN(C(=O)C1CCC(C(=O)N2CCCC2)CC1)c1ccccc1. The van der Waals surface area contributed by atoms with Gasteiger partial charge in [-0.2, -0.15) is 0 Å². The molecule has 0 radical (unpaired) electrons. The van der Waals surface area contributed by atoms with Gasteiger partial charge in [0.15, 0.2) is 0 Å². The van der Waals surface area contributed by atoms with Gasteiger partial charge < -0.3 is 9.80 Å². The molecular formula is C20H28N2O2. The van der Waals surface area contributed by atoms with Gasteiger partial charge in [0.2, 0.25) is 11.8 Å². The highest BCUT2D eigenvalue weighted by Crippen LogP contribution is 2.33. The van der Waals surface area contributed by atoms with Crippen LogP contribution in [0, 0.1) is 11.8 Å². The fraction of sp³-hybridized carbons (Fsp3) is 0.600. The van der Waals surface area contributed by atoms with Crippen LogP contribution in [-0.4, -0.2) is 36.3 Å². The van der Waals surface area contributed by atoms with E-state index in [-0.39, 0.29) is 17.7 Å². The summed E-state index contributed by atoms with van der Waals surface area (Å²) in [6, 6.07) is 9.89. The Morgan fingerprint density at radius 1 is 1.00 bits per heavy atom. The Balaban J connectivity index is 1.57. The third-order valence-corrected chi connectivity index (χ3v) is 5.49. The smallest absolute Gasteiger partial charge is 0.230 e. The van der Waals surface area contributed by atoms with E-state index in [4.69, 9.17) is 0 Å². The molecule has 2 fully saturated rings. The quantitative estimate of drug-likeness (QED) is 0.849. The number of nitrogens with zero attached hydrogens (tertiary/aromatic N) is 2. The van der Waals surface area contributed by atoms with Crippen LogP contribution in [0.15, 0.2) is 30.3 Å². The van der Waals surface area contributed by atoms with Gasteiger partial charge in [0.05, 0.1) is 0 Å². The van der Waals surface area contributed by atoms with Crippen molar-refractivity contribution >= 4 is 17.5 Å². The third-order valence-electron chi connectivity index (χ3n) is 5.49. The Morgan fingerprint density at radius 2 is 1.58 bits per heavy atom. The summed E-state index contributed by atoms with van der Waals surface area (Å²) in [5.41, 5.74) is 0.972. The van der Waals surface area contributed by atoms with Gasteiger partial charge in [-0.05, 0) is 57.6 Å². The van der Waals surface area contributed by atoms with Crippen LogP contribution in [-0.2, 0) is 9.59 Å². The number of amides is 2. The fourth-order valence-electron chi connectivity index (χ4n) is 4.08. The van der Waals surface area contributed by atoms with Crippen molar-refractivity contribution in [3.8, 4) is 0 Å². The monoisotopic (exact) mass is 328 g/mol. The van der Waals surface area contributed by atoms with Gasteiger partial charge in [-0.15, -0.1) is 0 Å². The van der Waals surface area contributed by atoms with Gasteiger partial charge in [0.1, 0.15) is 0 Å². The van der Waals surface area contributed by atoms with Crippen molar-refractivity contribution in [2.24, 2.45) is 11.8 Å². The van der Waals surface area contributed by atoms with E-state index in [9.17, 15) is 9.59 Å². The second kappa shape index (κ2) is 7.82. The maximum Gasteiger partial charge on any atom is 0.230 e. The molecule has 0 aromatic heterocycles. The fourth-order valence-corrected chi connectivity index (χ4v) is 4.08. The summed E-state index contributed by atoms with van der Waals surface area (Å²) >= 11 is 0. The summed E-state index contributed by atoms with van der Waals surface area (Å²) in [5.74, 6) is 0.747. The van der Waals surface area contributed by atoms with Gasteiger partial charge in [-0.25, -0.2) is 0 Å². The molecule has 1 saturated heterocycles. The zero-order valence-electron chi connectivity index (χ0n) is 14.6. The number of hydrogen-bond donors (Lipinski definition) is 0. The van der Waals surface area contributed by atoms with Gasteiger partial charge >= 0.3 is 0 Å². The van der Waals surface area contributed by atoms with Crippen molar-refractivity contribution in [2.45, 2.75) is 45.4 Å². The number of anilines is 1. The summed E-state index contributed by atoms with van der Waals surface area (Å²) < 4.78 is 0. The second-order valence-electron chi connectivity index (χ2n) is 7.00. The number of hydrogen-bond acceptors (Lipinski definition) is 2. The molecule has 4 heteroatoms. The normalized spacial score (nSPS) is 24.0. The Morgan fingerprint density at radius 3 is 2.17 bits per heavy atom. The highest BCUT2D eigenvalue weighted by atomic mass is 16.2. The number of carbonyl (C=O) groups excluding carboxylic acids is 2. The van der Waals surface area contributed by atoms with Crippen LogP contribution < -0.4 is 4.90 Å². The molecule has 1 saturated carbocycles. The molecule has 0 bridgehead atoms. The molecule has 1 aliphatic carbocycles. The maximum atomic E-state index is 12.9. The Labute approximate surface area is 144 Å². The van der Waals surface area contributed by atoms with Crippen LogP contribution in [0.4, 0.5) is 5.69 Å². The highest BCUT2D eigenvalue weighted by Gasteiger charge is 2.34. The molecule has 130 valence electrons. The summed E-state index contributed by atoms with van der Waals surface area (Å²) in [5, 5.41) is 0. The topological polar surface area (TPSA) is 40.6 Å². The van der Waals surface area contributed by atoms with E-state index >= 15 is 0 Å². The zero-order chi connectivity index (χ0) is 16.9. The Hall–Kier alpha value is -1.84. The van der Waals surface area contributed by atoms with E-state index in [2.05, 4.69) is 0 Å². The number of carbonyl (C=O) groups is 2. The lowest BCUT2D eigenvalue weighted by Gasteiger charge is -2.32. The lowest BCUT2D eigenvalue weighted by molar-refractivity contribution is -0.137. The number of likely N-dealkylation sites (tertiary alicyclic amines) is 1. The van der Waals surface area contributed by atoms with E-state index in [0.717, 1.165) is 57.3 Å². The van der Waals surface area contributed by atoms with Gasteiger partial charge in [0, 0.05) is 37.2 Å². The molecule has 1 heterocycles. The van der Waals surface area contributed by atoms with E-state index in [1.807, 2.05) is 47.1 Å². The molecule has 4 nitrogen and oxygen atoms in total. The van der Waals surface area contributed by atoms with Crippen molar-refractivity contribution in [3.05, 3.63) is 30.3 Å². The molecule has 24 heavy (non-hydrogen) atoms. The molecule has 0 spiro atoms. The Bertz CT molecular complexity index is 558. The minimum Gasteiger partial charge on any atom is -0.342 e. The molecule has 0 N–H and O–H groups in total. The molecule has 1 aromatic rings. The van der Waals surface area contributed by atoms with Crippen molar-refractivity contribution < 1.29 is 9.59 Å². The summed E-state index contributed by atoms with van der Waals surface area (Å²) in [4.78, 5) is 29.3. The lowest BCUT2D eigenvalue weighted by atomic mass is 9.80. The molecule has 2 amide bonds. The zero-order valence-corrected chi connectivity index (χ0v) is 14.6. The van der Waals surface area contributed by atoms with E-state index < -0.39 is 0 Å². The summed E-state index contributed by atoms with van der Waals surface area (Å²) in [6.45, 7) is 4.56. The van der Waals surface area contributed by atoms with Crippen LogP contribution in [0.2, 0.25) is 0 Å². The first-order valence-corrected chi connectivity index (χ1v) is 9.36. The van der Waals surface area contributed by atoms with Gasteiger partial charge in [0.25, 0.3) is 0 Å². The average Bonchev–Trinajstić information content (AvgIpc) is 3.17. The summed E-state index contributed by atoms with van der Waals surface area (Å²) in [6.07, 6.45) is 5.68. The van der Waals surface area contributed by atoms with E-state index in [1.165, 1.54) is 0 Å². The van der Waals surface area contributed by atoms with Crippen LogP contribution >= 0.6 is 0 Å². The van der Waals surface area contributed by atoms with Crippen molar-refractivity contribution in [3.63, 3.8) is 0 Å². The van der Waals surface area contributed by atoms with Crippen molar-refractivity contribution in [2.75, 3.05) is 24.5 Å². The average molecular weight is 328 g/mol. The molecule has 0 atom stereocenters. The van der Waals surface area contributed by atoms with Crippen LogP contribution in [0.5, 0.6) is 0 Å². The number of rotatable bonds is 4. The predicted molar refractivity (Wildman–Crippen MR) is 95.7 cm³/mol. The third kappa shape index (κ3) is 3.63. The van der Waals surface area contributed by atoms with Crippen LogP contribution in [0.3, 0.4) is 0 Å². The second-order valence-corrected chi connectivity index (χ2v) is 7.00. The first-order valence-electron chi connectivity index (χ1n) is 9.36. The van der Waals surface area contributed by atoms with Crippen LogP contribution in [0.25, 0.3) is 0 Å². The summed E-state index contributed by atoms with van der Waals surface area (Å²) in [7, 11) is 0. The van der Waals surface area contributed by atoms with Crippen molar-refractivity contribution in [1.82, 2.24) is 4.90 Å². The number of para-hydroxylation sites is 1. The first kappa shape index (κ1) is 17.0. The lowest BCUT2D eigenvalue weighted by Crippen LogP contribution is -2.40. The maximum absolute atomic E-state index is 12.9. The van der Waals surface area contributed by atoms with Crippen molar-refractivity contribution in [1.29, 1.82) is 0 Å². The predicted octanol–water partition coefficient (Wildman–Crippen LogP) is 3.47. The molecule has 1 aliphatic heterocycles. The van der Waals surface area contributed by atoms with Crippen LogP contribution in [0.1, 0.15) is 45.4 Å². The molecular weight excluding hydrogens is 300 g/mol. The molecule has 0 unspecified atom stereocenters. The van der Waals surface area contributed by atoms with Gasteiger partial charge in [-0.1, -0.05) is 18.2 Å². The molecule has 1 aromatic carbocycles. The molecule has 2 aliphatic rings. The first-order chi connectivity index (χ1) is 11.7. The van der Waals surface area contributed by atoms with Gasteiger partial charge in [-0.3, -0.25) is 9.59 Å². The Kier molecular flexibility index (Phi) is 5.54. The minimum absolute atomic E-state index is 0.0628. The standard InChI is InChI=1S/C20H28N2O2/c1-2-22(18-8-4-3-5-9-18)20(24)17-12-10-16(11-13-17)19(23)21-14-6-7-15-21/h3-5,8-9,16-17H,2,6-7,10-15H2,1H3. The molecule has 3 rings (SSSR count).